The Hall–Kier alpha value is -2.81. The quantitative estimate of drug-likeness (QED) is 0.401. The van der Waals surface area contributed by atoms with Gasteiger partial charge in [-0.2, -0.15) is 0 Å². The lowest BCUT2D eigenvalue weighted by molar-refractivity contribution is -0.112. The van der Waals surface area contributed by atoms with Gasteiger partial charge in [-0.25, -0.2) is 0 Å². The predicted molar refractivity (Wildman–Crippen MR) is 126 cm³/mol. The molecule has 1 atom stereocenters. The molecule has 0 spiro atoms. The van der Waals surface area contributed by atoms with Crippen LogP contribution in [0, 0.1) is 10.8 Å². The first-order valence-corrected chi connectivity index (χ1v) is 10.9. The highest BCUT2D eigenvalue weighted by atomic mass is 32.2. The molecule has 1 aliphatic rings. The fourth-order valence-electron chi connectivity index (χ4n) is 3.14. The van der Waals surface area contributed by atoms with Gasteiger partial charge in [-0.15, -0.1) is 0 Å². The summed E-state index contributed by atoms with van der Waals surface area (Å²) in [6, 6.07) is 20.0. The topological polar surface area (TPSA) is 50.2 Å². The van der Waals surface area contributed by atoms with E-state index in [2.05, 4.69) is 5.73 Å². The number of thioether (sulfide) groups is 1. The standard InChI is InChI=1S/C26H27NO2S/c1-18(24(28)22(27)17-26(2,3)4)30-23-16-15-21(19-11-7-5-8-12-19)25(29-23)20-13-9-6-10-14-20/h5-15,18,27H,17H2,1-4H3. The Morgan fingerprint density at radius 2 is 1.60 bits per heavy atom. The average Bonchev–Trinajstić information content (AvgIpc) is 2.73. The number of Topliss-reactive ketones (excluding diaryl/α,β-unsaturated/α-hetero) is 1. The summed E-state index contributed by atoms with van der Waals surface area (Å²) in [5, 5.41) is 8.29. The van der Waals surface area contributed by atoms with Crippen LogP contribution in [0.15, 0.2) is 77.6 Å². The lowest BCUT2D eigenvalue weighted by Gasteiger charge is -2.21. The molecule has 2 aromatic rings. The third-order valence-electron chi connectivity index (χ3n) is 4.55. The van der Waals surface area contributed by atoms with Gasteiger partial charge in [0, 0.05) is 11.1 Å². The normalized spacial score (nSPS) is 14.7. The Kier molecular flexibility index (Phi) is 6.81. The molecule has 0 bridgehead atoms. The molecule has 1 unspecified atom stereocenters. The van der Waals surface area contributed by atoms with Crippen molar-refractivity contribution in [3.63, 3.8) is 0 Å². The number of ketones is 1. The van der Waals surface area contributed by atoms with Crippen molar-refractivity contribution in [1.29, 1.82) is 5.41 Å². The van der Waals surface area contributed by atoms with Crippen molar-refractivity contribution in [2.75, 3.05) is 0 Å². The first kappa shape index (κ1) is 21.9. The van der Waals surface area contributed by atoms with Crippen molar-refractivity contribution in [1.82, 2.24) is 0 Å². The third kappa shape index (κ3) is 5.63. The molecular weight excluding hydrogens is 390 g/mol. The molecule has 0 saturated carbocycles. The summed E-state index contributed by atoms with van der Waals surface area (Å²) in [6.45, 7) is 7.92. The Labute approximate surface area is 183 Å². The molecule has 0 fully saturated rings. The van der Waals surface area contributed by atoms with Gasteiger partial charge >= 0.3 is 0 Å². The second kappa shape index (κ2) is 9.34. The fourth-order valence-corrected chi connectivity index (χ4v) is 3.97. The summed E-state index contributed by atoms with van der Waals surface area (Å²) < 4.78 is 6.24. The first-order chi connectivity index (χ1) is 14.2. The minimum absolute atomic E-state index is 0.0918. The van der Waals surface area contributed by atoms with Crippen LogP contribution in [0.25, 0.3) is 11.3 Å². The maximum absolute atomic E-state index is 12.7. The van der Waals surface area contributed by atoms with Gasteiger partial charge in [0.05, 0.1) is 11.0 Å². The summed E-state index contributed by atoms with van der Waals surface area (Å²) >= 11 is 1.31. The summed E-state index contributed by atoms with van der Waals surface area (Å²) in [5.41, 5.74) is 6.22. The van der Waals surface area contributed by atoms with Crippen molar-refractivity contribution < 1.29 is 9.53 Å². The number of carbonyl (C=O) groups is 1. The van der Waals surface area contributed by atoms with Crippen LogP contribution in [0.3, 0.4) is 0 Å². The fraction of sp³-hybridized carbons (Fsp3) is 0.269. The minimum Gasteiger partial charge on any atom is -0.441 e. The second-order valence-corrected chi connectivity index (χ2v) is 9.81. The highest BCUT2D eigenvalue weighted by Gasteiger charge is 2.26. The van der Waals surface area contributed by atoms with Crippen molar-refractivity contribution in [3.05, 3.63) is 88.7 Å². The highest BCUT2D eigenvalue weighted by Crippen LogP contribution is 2.37. The van der Waals surface area contributed by atoms with Gasteiger partial charge in [-0.05, 0) is 30.4 Å². The van der Waals surface area contributed by atoms with Crippen LogP contribution in [0.2, 0.25) is 0 Å². The van der Waals surface area contributed by atoms with Crippen molar-refractivity contribution in [2.45, 2.75) is 39.4 Å². The number of allylic oxidation sites excluding steroid dienone is 2. The van der Waals surface area contributed by atoms with Crippen LogP contribution in [-0.4, -0.2) is 16.7 Å². The van der Waals surface area contributed by atoms with Crippen LogP contribution in [0.4, 0.5) is 0 Å². The molecule has 0 amide bonds. The molecule has 0 aromatic heterocycles. The lowest BCUT2D eigenvalue weighted by atomic mass is 9.88. The van der Waals surface area contributed by atoms with Crippen LogP contribution in [-0.2, 0) is 9.53 Å². The molecular formula is C26H27NO2S. The van der Waals surface area contributed by atoms with E-state index in [1.165, 1.54) is 11.8 Å². The minimum atomic E-state index is -0.411. The van der Waals surface area contributed by atoms with Crippen LogP contribution in [0.5, 0.6) is 0 Å². The van der Waals surface area contributed by atoms with Gasteiger partial charge in [0.1, 0.15) is 5.76 Å². The largest absolute Gasteiger partial charge is 0.441 e. The molecule has 4 heteroatoms. The zero-order valence-corrected chi connectivity index (χ0v) is 18.7. The summed E-state index contributed by atoms with van der Waals surface area (Å²) in [7, 11) is 0. The molecule has 0 aliphatic carbocycles. The molecule has 1 N–H and O–H groups in total. The molecule has 3 nitrogen and oxygen atoms in total. The number of hydrogen-bond acceptors (Lipinski definition) is 4. The zero-order valence-electron chi connectivity index (χ0n) is 17.9. The molecule has 3 rings (SSSR count). The van der Waals surface area contributed by atoms with Gasteiger partial charge in [0.2, 0.25) is 5.09 Å². The van der Waals surface area contributed by atoms with Crippen molar-refractivity contribution in [3.8, 4) is 0 Å². The van der Waals surface area contributed by atoms with Crippen LogP contribution in [0.1, 0.15) is 45.2 Å². The Morgan fingerprint density at radius 3 is 2.17 bits per heavy atom. The van der Waals surface area contributed by atoms with E-state index in [9.17, 15) is 4.79 Å². The van der Waals surface area contributed by atoms with Gasteiger partial charge in [-0.1, -0.05) is 98.9 Å². The molecule has 30 heavy (non-hydrogen) atoms. The van der Waals surface area contributed by atoms with Gasteiger partial charge < -0.3 is 10.1 Å². The molecule has 2 aromatic carbocycles. The molecule has 1 heterocycles. The predicted octanol–water partition coefficient (Wildman–Crippen LogP) is 6.73. The number of rotatable bonds is 7. The number of ether oxygens (including phenoxy) is 1. The van der Waals surface area contributed by atoms with Gasteiger partial charge in [0.15, 0.2) is 5.78 Å². The van der Waals surface area contributed by atoms with Crippen molar-refractivity contribution >= 4 is 34.6 Å². The number of benzene rings is 2. The molecule has 0 radical (unpaired) electrons. The SMILES string of the molecule is CC(SC1=C=CC(c2ccccc2)=C(c2ccccc2)O1)C(=O)C(=N)CC(C)(C)C. The number of nitrogens with one attached hydrogen (secondary N) is 1. The summed E-state index contributed by atoms with van der Waals surface area (Å²) in [5.74, 6) is 0.583. The van der Waals surface area contributed by atoms with E-state index < -0.39 is 5.25 Å². The average molecular weight is 418 g/mol. The molecule has 1 aliphatic heterocycles. The van der Waals surface area contributed by atoms with Crippen LogP contribution >= 0.6 is 11.8 Å². The monoisotopic (exact) mass is 417 g/mol. The third-order valence-corrected chi connectivity index (χ3v) is 5.53. The van der Waals surface area contributed by atoms with Crippen molar-refractivity contribution in [2.24, 2.45) is 5.41 Å². The van der Waals surface area contributed by atoms with Gasteiger partial charge in [-0.3, -0.25) is 4.79 Å². The zero-order chi connectivity index (χ0) is 21.7. The maximum atomic E-state index is 12.7. The second-order valence-electron chi connectivity index (χ2n) is 8.49. The first-order valence-electron chi connectivity index (χ1n) is 10.0. The Balaban J connectivity index is 1.84. The summed E-state index contributed by atoms with van der Waals surface area (Å²) in [6.07, 6.45) is 2.38. The van der Waals surface area contributed by atoms with E-state index in [0.29, 0.717) is 11.5 Å². The maximum Gasteiger partial charge on any atom is 0.204 e. The van der Waals surface area contributed by atoms with Crippen LogP contribution < -0.4 is 0 Å². The van der Waals surface area contributed by atoms with E-state index in [0.717, 1.165) is 22.5 Å². The molecule has 154 valence electrons. The lowest BCUT2D eigenvalue weighted by Crippen LogP contribution is -2.27. The van der Waals surface area contributed by atoms with E-state index in [4.69, 9.17) is 10.1 Å². The number of carbonyl (C=O) groups excluding carboxylic acids is 1. The highest BCUT2D eigenvalue weighted by molar-refractivity contribution is 8.04. The number of hydrogen-bond donors (Lipinski definition) is 1. The van der Waals surface area contributed by atoms with E-state index in [-0.39, 0.29) is 16.9 Å². The van der Waals surface area contributed by atoms with E-state index in [1.807, 2.05) is 94.4 Å². The summed E-state index contributed by atoms with van der Waals surface area (Å²) in [4.78, 5) is 12.7. The van der Waals surface area contributed by atoms with E-state index >= 15 is 0 Å². The Bertz CT molecular complexity index is 1020. The Morgan fingerprint density at radius 1 is 1.03 bits per heavy atom. The molecule has 0 saturated heterocycles. The van der Waals surface area contributed by atoms with E-state index in [1.54, 1.807) is 0 Å². The smallest absolute Gasteiger partial charge is 0.204 e. The van der Waals surface area contributed by atoms with Gasteiger partial charge in [0.25, 0.3) is 0 Å².